The summed E-state index contributed by atoms with van der Waals surface area (Å²) in [6.45, 7) is 4.17. The first-order valence-electron chi connectivity index (χ1n) is 8.99. The Kier molecular flexibility index (Phi) is 7.75. The number of hydrogen-bond donors (Lipinski definition) is 1. The van der Waals surface area contributed by atoms with Crippen LogP contribution in [0, 0.1) is 0 Å². The number of anilines is 1. The van der Waals surface area contributed by atoms with Crippen molar-refractivity contribution in [1.82, 2.24) is 5.32 Å². The third kappa shape index (κ3) is 6.01. The van der Waals surface area contributed by atoms with E-state index in [4.69, 9.17) is 21.1 Å². The average Bonchev–Trinajstić information content (AvgIpc) is 2.66. The standard InChI is InChI=1S/C20H25ClN2O5S/c1-5-28-17-8-6-7-15(11-17)13-22-20(24)14(2)23(29(4,25)26)18-12-16(21)9-10-19(18)27-3/h6-12,14H,5,13H2,1-4H3,(H,22,24). The molecule has 0 saturated heterocycles. The molecule has 1 unspecified atom stereocenters. The Morgan fingerprint density at radius 2 is 1.97 bits per heavy atom. The van der Waals surface area contributed by atoms with Gasteiger partial charge in [0.15, 0.2) is 0 Å². The molecule has 1 amide bonds. The zero-order valence-corrected chi connectivity index (χ0v) is 18.4. The molecular formula is C20H25ClN2O5S. The summed E-state index contributed by atoms with van der Waals surface area (Å²) in [6.07, 6.45) is 1.03. The van der Waals surface area contributed by atoms with Gasteiger partial charge in [-0.3, -0.25) is 9.10 Å². The molecule has 1 N–H and O–H groups in total. The molecule has 0 heterocycles. The molecule has 158 valence electrons. The summed E-state index contributed by atoms with van der Waals surface area (Å²) in [4.78, 5) is 12.8. The van der Waals surface area contributed by atoms with Crippen molar-refractivity contribution in [3.05, 3.63) is 53.1 Å². The van der Waals surface area contributed by atoms with Crippen LogP contribution in [0.2, 0.25) is 5.02 Å². The maximum atomic E-state index is 12.8. The molecule has 2 aromatic rings. The maximum absolute atomic E-state index is 12.8. The lowest BCUT2D eigenvalue weighted by Crippen LogP contribution is -2.47. The van der Waals surface area contributed by atoms with Crippen LogP contribution >= 0.6 is 11.6 Å². The van der Waals surface area contributed by atoms with Crippen LogP contribution in [0.4, 0.5) is 5.69 Å². The molecule has 0 aromatic heterocycles. The minimum atomic E-state index is -3.79. The number of hydrogen-bond acceptors (Lipinski definition) is 5. The van der Waals surface area contributed by atoms with E-state index in [2.05, 4.69) is 5.32 Å². The highest BCUT2D eigenvalue weighted by molar-refractivity contribution is 7.92. The van der Waals surface area contributed by atoms with Gasteiger partial charge in [-0.05, 0) is 49.7 Å². The Morgan fingerprint density at radius 1 is 1.24 bits per heavy atom. The second-order valence-electron chi connectivity index (χ2n) is 6.35. The number of sulfonamides is 1. The zero-order chi connectivity index (χ0) is 21.6. The number of nitrogens with one attached hydrogen (secondary N) is 1. The monoisotopic (exact) mass is 440 g/mol. The topological polar surface area (TPSA) is 84.9 Å². The van der Waals surface area contributed by atoms with E-state index >= 15 is 0 Å². The number of amides is 1. The van der Waals surface area contributed by atoms with Gasteiger partial charge in [0.2, 0.25) is 15.9 Å². The van der Waals surface area contributed by atoms with E-state index < -0.39 is 22.0 Å². The molecule has 0 aliphatic carbocycles. The third-order valence-electron chi connectivity index (χ3n) is 4.14. The van der Waals surface area contributed by atoms with Crippen LogP contribution in [-0.2, 0) is 21.4 Å². The van der Waals surface area contributed by atoms with Crippen molar-refractivity contribution in [3.63, 3.8) is 0 Å². The number of nitrogens with zero attached hydrogens (tertiary/aromatic N) is 1. The fraction of sp³-hybridized carbons (Fsp3) is 0.350. The van der Waals surface area contributed by atoms with Crippen LogP contribution in [-0.4, -0.2) is 40.3 Å². The Hall–Kier alpha value is -2.45. The molecule has 0 aliphatic heterocycles. The normalized spacial score (nSPS) is 12.2. The number of methoxy groups -OCH3 is 1. The van der Waals surface area contributed by atoms with E-state index in [0.717, 1.165) is 16.1 Å². The van der Waals surface area contributed by atoms with Gasteiger partial charge < -0.3 is 14.8 Å². The molecule has 7 nitrogen and oxygen atoms in total. The van der Waals surface area contributed by atoms with Crippen molar-refractivity contribution < 1.29 is 22.7 Å². The van der Waals surface area contributed by atoms with Gasteiger partial charge in [-0.15, -0.1) is 0 Å². The van der Waals surface area contributed by atoms with Gasteiger partial charge in [0, 0.05) is 11.6 Å². The summed E-state index contributed by atoms with van der Waals surface area (Å²) < 4.78 is 36.7. The van der Waals surface area contributed by atoms with Crippen molar-refractivity contribution in [2.45, 2.75) is 26.4 Å². The number of rotatable bonds is 9. The van der Waals surface area contributed by atoms with Crippen LogP contribution in [0.3, 0.4) is 0 Å². The summed E-state index contributed by atoms with van der Waals surface area (Å²) in [5.41, 5.74) is 1.03. The van der Waals surface area contributed by atoms with Gasteiger partial charge in [-0.1, -0.05) is 23.7 Å². The molecule has 1 atom stereocenters. The number of carbonyl (C=O) groups is 1. The van der Waals surface area contributed by atoms with Gasteiger partial charge in [0.25, 0.3) is 0 Å². The molecule has 2 rings (SSSR count). The quantitative estimate of drug-likeness (QED) is 0.647. The van der Waals surface area contributed by atoms with Crippen molar-refractivity contribution in [1.29, 1.82) is 0 Å². The van der Waals surface area contributed by atoms with E-state index in [1.807, 2.05) is 31.2 Å². The highest BCUT2D eigenvalue weighted by Crippen LogP contribution is 2.34. The second kappa shape index (κ2) is 9.84. The fourth-order valence-corrected chi connectivity index (χ4v) is 4.20. The first kappa shape index (κ1) is 22.8. The van der Waals surface area contributed by atoms with Crippen LogP contribution in [0.1, 0.15) is 19.4 Å². The lowest BCUT2D eigenvalue weighted by Gasteiger charge is -2.29. The van der Waals surface area contributed by atoms with Gasteiger partial charge in [-0.25, -0.2) is 8.42 Å². The molecule has 2 aromatic carbocycles. The SMILES string of the molecule is CCOc1cccc(CNC(=O)C(C)N(c2cc(Cl)ccc2OC)S(C)(=O)=O)c1. The molecule has 0 radical (unpaired) electrons. The summed E-state index contributed by atoms with van der Waals surface area (Å²) in [6, 6.07) is 10.9. The predicted octanol–water partition coefficient (Wildman–Crippen LogP) is 3.22. The second-order valence-corrected chi connectivity index (χ2v) is 8.65. The van der Waals surface area contributed by atoms with Crippen molar-refractivity contribution in [2.75, 3.05) is 24.3 Å². The lowest BCUT2D eigenvalue weighted by atomic mass is 10.2. The van der Waals surface area contributed by atoms with E-state index in [0.29, 0.717) is 23.1 Å². The number of ether oxygens (including phenoxy) is 2. The van der Waals surface area contributed by atoms with E-state index in [9.17, 15) is 13.2 Å². The molecule has 29 heavy (non-hydrogen) atoms. The van der Waals surface area contributed by atoms with Gasteiger partial charge in [0.05, 0.1) is 25.7 Å². The molecule has 0 bridgehead atoms. The zero-order valence-electron chi connectivity index (χ0n) is 16.8. The smallest absolute Gasteiger partial charge is 0.243 e. The van der Waals surface area contributed by atoms with Crippen LogP contribution in [0.15, 0.2) is 42.5 Å². The first-order chi connectivity index (χ1) is 13.7. The Balaban J connectivity index is 2.24. The highest BCUT2D eigenvalue weighted by atomic mass is 35.5. The third-order valence-corrected chi connectivity index (χ3v) is 5.61. The Bertz CT molecular complexity index is 965. The van der Waals surface area contributed by atoms with E-state index in [1.54, 1.807) is 12.1 Å². The molecule has 0 aliphatic rings. The Morgan fingerprint density at radius 3 is 2.59 bits per heavy atom. The van der Waals surface area contributed by atoms with Gasteiger partial charge >= 0.3 is 0 Å². The summed E-state index contributed by atoms with van der Waals surface area (Å²) in [5, 5.41) is 3.10. The van der Waals surface area contributed by atoms with E-state index in [1.165, 1.54) is 20.1 Å². The largest absolute Gasteiger partial charge is 0.495 e. The van der Waals surface area contributed by atoms with Crippen molar-refractivity contribution >= 4 is 33.2 Å². The molecule has 9 heteroatoms. The predicted molar refractivity (Wildman–Crippen MR) is 114 cm³/mol. The van der Waals surface area contributed by atoms with Crippen molar-refractivity contribution in [2.24, 2.45) is 0 Å². The minimum absolute atomic E-state index is 0.198. The fourth-order valence-electron chi connectivity index (χ4n) is 2.87. The highest BCUT2D eigenvalue weighted by Gasteiger charge is 2.31. The molecule has 0 spiro atoms. The van der Waals surface area contributed by atoms with Crippen molar-refractivity contribution in [3.8, 4) is 11.5 Å². The maximum Gasteiger partial charge on any atom is 0.243 e. The van der Waals surface area contributed by atoms with Crippen LogP contribution < -0.4 is 19.1 Å². The van der Waals surface area contributed by atoms with E-state index in [-0.39, 0.29) is 12.2 Å². The molecule has 0 fully saturated rings. The summed E-state index contributed by atoms with van der Waals surface area (Å²) in [5.74, 6) is 0.539. The average molecular weight is 441 g/mol. The lowest BCUT2D eigenvalue weighted by molar-refractivity contribution is -0.122. The molecule has 0 saturated carbocycles. The number of carbonyl (C=O) groups excluding carboxylic acids is 1. The summed E-state index contributed by atoms with van der Waals surface area (Å²) >= 11 is 6.04. The van der Waals surface area contributed by atoms with Gasteiger partial charge in [-0.2, -0.15) is 0 Å². The minimum Gasteiger partial charge on any atom is -0.495 e. The first-order valence-corrected chi connectivity index (χ1v) is 11.2. The van der Waals surface area contributed by atoms with Gasteiger partial charge in [0.1, 0.15) is 17.5 Å². The number of benzene rings is 2. The van der Waals surface area contributed by atoms with Crippen LogP contribution in [0.5, 0.6) is 11.5 Å². The summed E-state index contributed by atoms with van der Waals surface area (Å²) in [7, 11) is -2.37. The van der Waals surface area contributed by atoms with Crippen LogP contribution in [0.25, 0.3) is 0 Å². The number of halogens is 1. The molecular weight excluding hydrogens is 416 g/mol. The Labute approximate surface area is 176 Å².